The number of halogens is 4. The molecule has 32 heavy (non-hydrogen) atoms. The molecule has 0 radical (unpaired) electrons. The smallest absolute Gasteiger partial charge is 0.417 e. The molecule has 0 saturated carbocycles. The van der Waals surface area contributed by atoms with E-state index in [0.29, 0.717) is 23.1 Å². The van der Waals surface area contributed by atoms with Gasteiger partial charge < -0.3 is 14.4 Å². The van der Waals surface area contributed by atoms with Gasteiger partial charge in [0.1, 0.15) is 0 Å². The van der Waals surface area contributed by atoms with E-state index in [-0.39, 0.29) is 32.1 Å². The second-order valence-electron chi connectivity index (χ2n) is 6.91. The number of rotatable bonds is 5. The third-order valence-corrected chi connectivity index (χ3v) is 7.26. The summed E-state index contributed by atoms with van der Waals surface area (Å²) >= 11 is 5.58. The molecule has 1 heterocycles. The average molecular weight is 493 g/mol. The number of ether oxygens (including phenoxy) is 2. The normalized spacial score (nSPS) is 15.5. The molecule has 2 aromatic carbocycles. The average Bonchev–Trinajstić information content (AvgIpc) is 2.77. The fraction of sp³-hybridized carbons (Fsp3) is 0.350. The quantitative estimate of drug-likeness (QED) is 0.638. The van der Waals surface area contributed by atoms with E-state index in [2.05, 4.69) is 0 Å². The fourth-order valence-electron chi connectivity index (χ4n) is 3.31. The van der Waals surface area contributed by atoms with Gasteiger partial charge in [-0.15, -0.1) is 0 Å². The Morgan fingerprint density at radius 3 is 2.16 bits per heavy atom. The number of methoxy groups -OCH3 is 2. The third-order valence-electron chi connectivity index (χ3n) is 5.04. The summed E-state index contributed by atoms with van der Waals surface area (Å²) in [4.78, 5) is 13.8. The Morgan fingerprint density at radius 1 is 0.969 bits per heavy atom. The van der Waals surface area contributed by atoms with Crippen molar-refractivity contribution < 1.29 is 35.9 Å². The minimum absolute atomic E-state index is 0.0641. The molecule has 7 nitrogen and oxygen atoms in total. The van der Waals surface area contributed by atoms with Crippen LogP contribution in [0, 0.1) is 0 Å². The third kappa shape index (κ3) is 4.79. The minimum atomic E-state index is -4.78. The standard InChI is InChI=1S/C20H20ClF3N2O5S/c1-30-17-6-3-13(11-18(17)31-2)19(27)25-7-9-26(10-8-25)32(28,29)14-4-5-16(21)15(12-14)20(22,23)24/h3-6,11-12H,7-10H2,1-2H3. The Bertz CT molecular complexity index is 1120. The van der Waals surface area contributed by atoms with Gasteiger partial charge in [0.25, 0.3) is 5.91 Å². The summed E-state index contributed by atoms with van der Waals surface area (Å²) in [5, 5.41) is -0.582. The number of piperazine rings is 1. The molecule has 3 rings (SSSR count). The van der Waals surface area contributed by atoms with Crippen LogP contribution in [0.2, 0.25) is 5.02 Å². The van der Waals surface area contributed by atoms with Crippen LogP contribution in [0.4, 0.5) is 13.2 Å². The molecule has 0 spiro atoms. The van der Waals surface area contributed by atoms with Crippen molar-refractivity contribution in [3.05, 3.63) is 52.5 Å². The number of amides is 1. The maximum atomic E-state index is 13.1. The molecule has 0 N–H and O–H groups in total. The SMILES string of the molecule is COc1ccc(C(=O)N2CCN(S(=O)(=O)c3ccc(Cl)c(C(F)(F)F)c3)CC2)cc1OC. The van der Waals surface area contributed by atoms with Gasteiger partial charge in [-0.1, -0.05) is 11.6 Å². The fourth-order valence-corrected chi connectivity index (χ4v) is 4.99. The predicted octanol–water partition coefficient (Wildman–Crippen LogP) is 3.52. The van der Waals surface area contributed by atoms with Crippen LogP contribution in [0.5, 0.6) is 11.5 Å². The van der Waals surface area contributed by atoms with Crippen molar-refractivity contribution >= 4 is 27.5 Å². The minimum Gasteiger partial charge on any atom is -0.493 e. The zero-order valence-electron chi connectivity index (χ0n) is 17.1. The van der Waals surface area contributed by atoms with E-state index in [1.165, 1.54) is 25.2 Å². The topological polar surface area (TPSA) is 76.2 Å². The number of sulfonamides is 1. The Morgan fingerprint density at radius 2 is 1.59 bits per heavy atom. The summed E-state index contributed by atoms with van der Waals surface area (Å²) in [5.74, 6) is 0.512. The van der Waals surface area contributed by atoms with Gasteiger partial charge in [-0.05, 0) is 36.4 Å². The van der Waals surface area contributed by atoms with Crippen LogP contribution < -0.4 is 9.47 Å². The van der Waals surface area contributed by atoms with Gasteiger partial charge in [-0.25, -0.2) is 8.42 Å². The van der Waals surface area contributed by atoms with Crippen molar-refractivity contribution in [2.24, 2.45) is 0 Å². The van der Waals surface area contributed by atoms with Crippen LogP contribution in [-0.2, 0) is 16.2 Å². The molecule has 1 amide bonds. The Kier molecular flexibility index (Phi) is 6.91. The zero-order chi connectivity index (χ0) is 23.7. The molecule has 1 saturated heterocycles. The second-order valence-corrected chi connectivity index (χ2v) is 9.25. The van der Waals surface area contributed by atoms with Crippen molar-refractivity contribution in [2.45, 2.75) is 11.1 Å². The summed E-state index contributed by atoms with van der Waals surface area (Å²) in [6.45, 7) is 0.0228. The lowest BCUT2D eigenvalue weighted by molar-refractivity contribution is -0.137. The molecule has 0 atom stereocenters. The number of benzene rings is 2. The van der Waals surface area contributed by atoms with Crippen molar-refractivity contribution in [1.82, 2.24) is 9.21 Å². The van der Waals surface area contributed by atoms with Crippen LogP contribution in [-0.4, -0.2) is 63.9 Å². The van der Waals surface area contributed by atoms with Crippen molar-refractivity contribution in [3.8, 4) is 11.5 Å². The summed E-state index contributed by atoms with van der Waals surface area (Å²) < 4.78 is 76.4. The lowest BCUT2D eigenvalue weighted by atomic mass is 10.1. The van der Waals surface area contributed by atoms with E-state index in [0.717, 1.165) is 16.4 Å². The van der Waals surface area contributed by atoms with Crippen molar-refractivity contribution in [3.63, 3.8) is 0 Å². The van der Waals surface area contributed by atoms with Crippen LogP contribution in [0.25, 0.3) is 0 Å². The van der Waals surface area contributed by atoms with Gasteiger partial charge in [0, 0.05) is 31.7 Å². The van der Waals surface area contributed by atoms with Crippen LogP contribution in [0.15, 0.2) is 41.3 Å². The maximum Gasteiger partial charge on any atom is 0.417 e. The molecule has 174 valence electrons. The molecule has 0 bridgehead atoms. The highest BCUT2D eigenvalue weighted by molar-refractivity contribution is 7.89. The zero-order valence-corrected chi connectivity index (χ0v) is 18.7. The summed E-state index contributed by atoms with van der Waals surface area (Å²) in [6.07, 6.45) is -4.78. The molecule has 0 unspecified atom stereocenters. The number of nitrogens with zero attached hydrogens (tertiary/aromatic N) is 2. The van der Waals surface area contributed by atoms with Crippen molar-refractivity contribution in [2.75, 3.05) is 40.4 Å². The molecule has 12 heteroatoms. The monoisotopic (exact) mass is 492 g/mol. The number of carbonyl (C=O) groups excluding carboxylic acids is 1. The van der Waals surface area contributed by atoms with Gasteiger partial charge in [-0.2, -0.15) is 17.5 Å². The first-order valence-corrected chi connectivity index (χ1v) is 11.2. The van der Waals surface area contributed by atoms with Gasteiger partial charge in [-0.3, -0.25) is 4.79 Å². The molecule has 1 aliphatic heterocycles. The number of hydrogen-bond donors (Lipinski definition) is 0. The summed E-state index contributed by atoms with van der Waals surface area (Å²) in [5.41, 5.74) is -0.881. The lowest BCUT2D eigenvalue weighted by Gasteiger charge is -2.34. The largest absolute Gasteiger partial charge is 0.493 e. The van der Waals surface area contributed by atoms with E-state index >= 15 is 0 Å². The van der Waals surface area contributed by atoms with Gasteiger partial charge in [0.2, 0.25) is 10.0 Å². The number of alkyl halides is 3. The molecular weight excluding hydrogens is 473 g/mol. The van der Waals surface area contributed by atoms with Gasteiger partial charge in [0.05, 0.1) is 29.7 Å². The molecule has 1 aliphatic rings. The first-order chi connectivity index (χ1) is 15.0. The molecule has 0 aromatic heterocycles. The molecular formula is C20H20ClF3N2O5S. The van der Waals surface area contributed by atoms with E-state index in [9.17, 15) is 26.4 Å². The number of hydrogen-bond acceptors (Lipinski definition) is 5. The Labute approximate surface area is 188 Å². The molecule has 1 fully saturated rings. The Balaban J connectivity index is 1.75. The number of carbonyl (C=O) groups is 1. The van der Waals surface area contributed by atoms with Crippen LogP contribution in [0.1, 0.15) is 15.9 Å². The Hall–Kier alpha value is -2.50. The van der Waals surface area contributed by atoms with Crippen molar-refractivity contribution in [1.29, 1.82) is 0 Å². The van der Waals surface area contributed by atoms with E-state index in [1.54, 1.807) is 12.1 Å². The van der Waals surface area contributed by atoms with E-state index in [4.69, 9.17) is 21.1 Å². The van der Waals surface area contributed by atoms with E-state index in [1.807, 2.05) is 0 Å². The van der Waals surface area contributed by atoms with Gasteiger partial charge in [0.15, 0.2) is 11.5 Å². The highest BCUT2D eigenvalue weighted by atomic mass is 35.5. The first-order valence-electron chi connectivity index (χ1n) is 9.37. The van der Waals surface area contributed by atoms with Crippen LogP contribution in [0.3, 0.4) is 0 Å². The highest BCUT2D eigenvalue weighted by Crippen LogP contribution is 2.36. The summed E-state index contributed by atoms with van der Waals surface area (Å²) in [6, 6.07) is 7.16. The lowest BCUT2D eigenvalue weighted by Crippen LogP contribution is -2.50. The molecule has 2 aromatic rings. The predicted molar refractivity (Wildman–Crippen MR) is 111 cm³/mol. The second kappa shape index (κ2) is 9.16. The highest BCUT2D eigenvalue weighted by Gasteiger charge is 2.36. The maximum absolute atomic E-state index is 13.1. The first kappa shape index (κ1) is 24.1. The molecule has 0 aliphatic carbocycles. The van der Waals surface area contributed by atoms with E-state index < -0.39 is 31.7 Å². The summed E-state index contributed by atoms with van der Waals surface area (Å²) in [7, 11) is -1.28. The van der Waals surface area contributed by atoms with Gasteiger partial charge >= 0.3 is 6.18 Å². The van der Waals surface area contributed by atoms with Crippen LogP contribution >= 0.6 is 11.6 Å².